The molecule has 0 radical (unpaired) electrons. The maximum atomic E-state index is 13.9. The molecule has 2 fully saturated rings. The number of benzene rings is 1. The maximum absolute atomic E-state index is 13.9. The van der Waals surface area contributed by atoms with Gasteiger partial charge in [-0.25, -0.2) is 20.8 Å². The fraction of sp³-hybridized carbons (Fsp3) is 0.409. The van der Waals surface area contributed by atoms with Crippen LogP contribution < -0.4 is 32.7 Å². The van der Waals surface area contributed by atoms with Crippen LogP contribution in [0.3, 0.4) is 0 Å². The monoisotopic (exact) mass is 934 g/mol. The summed E-state index contributed by atoms with van der Waals surface area (Å²) in [6, 6.07) is 7.97. The van der Waals surface area contributed by atoms with Crippen LogP contribution >= 0.6 is 0 Å². The quantitative estimate of drug-likeness (QED) is 0.0435. The Morgan fingerprint density at radius 3 is 2.03 bits per heavy atom. The van der Waals surface area contributed by atoms with Crippen molar-refractivity contribution in [1.82, 2.24) is 53.4 Å². The second-order valence-electron chi connectivity index (χ2n) is 16.7. The lowest BCUT2D eigenvalue weighted by molar-refractivity contribution is -0.190. The molecule has 6 aromatic rings. The van der Waals surface area contributed by atoms with Gasteiger partial charge in [0, 0.05) is 64.1 Å². The number of hydrogen-bond donors (Lipinski definition) is 5. The zero-order valence-electron chi connectivity index (χ0n) is 38.2. The van der Waals surface area contributed by atoms with Crippen LogP contribution in [-0.4, -0.2) is 141 Å². The van der Waals surface area contributed by atoms with Gasteiger partial charge >= 0.3 is 0 Å². The lowest BCUT2D eigenvalue weighted by Gasteiger charge is -2.54. The third kappa shape index (κ3) is 9.78. The number of morpholine rings is 1. The summed E-state index contributed by atoms with van der Waals surface area (Å²) in [4.78, 5) is 86.9. The van der Waals surface area contributed by atoms with E-state index in [1.54, 1.807) is 61.5 Å². The van der Waals surface area contributed by atoms with Crippen LogP contribution in [0.5, 0.6) is 5.75 Å². The number of nitrogens with one attached hydrogen (secondary N) is 2. The second kappa shape index (κ2) is 19.7. The van der Waals surface area contributed by atoms with Crippen molar-refractivity contribution in [3.63, 3.8) is 0 Å². The first-order valence-corrected chi connectivity index (χ1v) is 22.1. The molecular weight excluding hydrogens is 881 g/mol. The average molecular weight is 935 g/mol. The van der Waals surface area contributed by atoms with E-state index in [1.807, 2.05) is 26.0 Å². The van der Waals surface area contributed by atoms with Gasteiger partial charge in [0.1, 0.15) is 40.4 Å². The van der Waals surface area contributed by atoms with Gasteiger partial charge in [-0.15, -0.1) is 0 Å². The van der Waals surface area contributed by atoms with Crippen LogP contribution in [0.4, 0.5) is 11.9 Å². The number of nitrogens with zero attached hydrogens (tertiary/aromatic N) is 11. The summed E-state index contributed by atoms with van der Waals surface area (Å²) in [6.45, 7) is 11.9. The van der Waals surface area contributed by atoms with Crippen molar-refractivity contribution >= 4 is 63.6 Å². The first kappa shape index (κ1) is 47.0. The second-order valence-corrected chi connectivity index (χ2v) is 16.7. The number of pyridine rings is 1. The highest BCUT2D eigenvalue weighted by Crippen LogP contribution is 2.33. The van der Waals surface area contributed by atoms with Crippen molar-refractivity contribution in [2.75, 3.05) is 63.2 Å². The van der Waals surface area contributed by atoms with Crippen LogP contribution in [0.1, 0.15) is 73.3 Å². The fourth-order valence-corrected chi connectivity index (χ4v) is 8.61. The number of hydrogen-bond acceptors (Lipinski definition) is 15. The number of imidazole rings is 2. The predicted octanol–water partition coefficient (Wildman–Crippen LogP) is 1.36. The zero-order valence-corrected chi connectivity index (χ0v) is 38.2. The number of likely N-dealkylation sites (tertiary alicyclic amines) is 1. The molecule has 0 saturated carbocycles. The van der Waals surface area contributed by atoms with E-state index in [4.69, 9.17) is 31.8 Å². The Kier molecular flexibility index (Phi) is 13.6. The van der Waals surface area contributed by atoms with E-state index in [2.05, 4.69) is 40.5 Å². The van der Waals surface area contributed by atoms with Gasteiger partial charge < -0.3 is 30.4 Å². The predicted molar refractivity (Wildman–Crippen MR) is 247 cm³/mol. The van der Waals surface area contributed by atoms with E-state index >= 15 is 0 Å². The minimum absolute atomic E-state index is 0.139. The van der Waals surface area contributed by atoms with Gasteiger partial charge in [-0.1, -0.05) is 12.2 Å². The molecule has 8 rings (SSSR count). The molecule has 5 amide bonds. The van der Waals surface area contributed by atoms with Crippen molar-refractivity contribution in [2.24, 2.45) is 17.4 Å². The Hall–Kier alpha value is -7.54. The number of aryl methyl sites for hydroxylation is 4. The largest absolute Gasteiger partial charge is 0.491 e. The number of nitrogens with two attached hydrogens (primary N) is 3. The normalized spacial score (nSPS) is 14.8. The molecular formula is C44H54N16O8. The lowest BCUT2D eigenvalue weighted by Crippen LogP contribution is -2.70. The third-order valence-corrected chi connectivity index (χ3v) is 11.7. The van der Waals surface area contributed by atoms with Crippen LogP contribution in [0, 0.1) is 13.8 Å². The van der Waals surface area contributed by atoms with Crippen LogP contribution in [-0.2, 0) is 40.5 Å². The van der Waals surface area contributed by atoms with Crippen molar-refractivity contribution in [2.45, 2.75) is 65.9 Å². The molecule has 1 aromatic carbocycles. The summed E-state index contributed by atoms with van der Waals surface area (Å²) in [5, 5.41) is 14.6. The Labute approximate surface area is 389 Å². The van der Waals surface area contributed by atoms with Gasteiger partial charge in [0.2, 0.25) is 23.7 Å². The number of amides is 5. The molecule has 0 unspecified atom stereocenters. The Balaban J connectivity index is 1.06. The highest BCUT2D eigenvalue weighted by molar-refractivity contribution is 6.05. The number of carbonyl (C=O) groups is 5. The van der Waals surface area contributed by atoms with Gasteiger partial charge in [0.05, 0.1) is 42.2 Å². The summed E-state index contributed by atoms with van der Waals surface area (Å²) in [6.07, 6.45) is 5.60. The standard InChI is InChI=1S/C44H54N16O8/c1-5-59-32(16-26(3)53-59)40(64)51-42-49-30-18-28(37(45)62)20-34(66-14-9-10-55-23-44(24-55)25-56(13-15-67-44)35(61)22-68-47)36(30)57(42)11-7-8-12-58-39-31(19-29(21-48-39)38(46)63)50-43(58)52-41(65)33-17-27(4)54-60(33)6-2/h7-8,16-21H,5-6,9-15,22-25,47H2,1-4H3,(H2,45,62)(H2,46,63)(H,49,51,64)(H,50,52,65)/b8-7+. The van der Waals surface area contributed by atoms with Gasteiger partial charge in [0.15, 0.2) is 5.65 Å². The number of aromatic nitrogens is 9. The smallest absolute Gasteiger partial charge is 0.276 e. The van der Waals surface area contributed by atoms with Crippen LogP contribution in [0.2, 0.25) is 0 Å². The summed E-state index contributed by atoms with van der Waals surface area (Å²) in [5.74, 6) is 3.33. The molecule has 0 bridgehead atoms. The Bertz CT molecular complexity index is 2940. The van der Waals surface area contributed by atoms with Crippen LogP contribution in [0.25, 0.3) is 22.2 Å². The van der Waals surface area contributed by atoms with E-state index in [-0.39, 0.29) is 55.2 Å². The SMILES string of the molecule is CCn1nc(C)cc1C(=O)Nc1nc2cc(C(N)=O)cnc2n1C/C=C/Cn1c(NC(=O)c2cc(C)nn2CC)nc2cc(C(N)=O)cc(OCCCN3CC4(C3)CN(C(=O)CON)CCO4)c21. The van der Waals surface area contributed by atoms with E-state index in [0.717, 1.165) is 0 Å². The minimum Gasteiger partial charge on any atom is -0.491 e. The Morgan fingerprint density at radius 1 is 0.809 bits per heavy atom. The lowest BCUT2D eigenvalue weighted by atomic mass is 9.91. The average Bonchev–Trinajstić information content (AvgIpc) is 4.07. The minimum atomic E-state index is -0.690. The van der Waals surface area contributed by atoms with E-state index in [0.29, 0.717) is 110 Å². The number of fused-ring (bicyclic) bond motifs is 2. The zero-order chi connectivity index (χ0) is 48.3. The van der Waals surface area contributed by atoms with Crippen molar-refractivity contribution < 1.29 is 38.3 Å². The van der Waals surface area contributed by atoms with Gasteiger partial charge in [-0.2, -0.15) is 10.2 Å². The number of allylic oxidation sites excluding steroid dienone is 2. The van der Waals surface area contributed by atoms with Gasteiger partial charge in [-0.3, -0.25) is 58.3 Å². The molecule has 2 saturated heterocycles. The molecule has 24 nitrogen and oxygen atoms in total. The molecule has 8 N–H and O–H groups in total. The molecule has 0 atom stereocenters. The van der Waals surface area contributed by atoms with Gasteiger partial charge in [-0.05, 0) is 64.4 Å². The molecule has 24 heteroatoms. The van der Waals surface area contributed by atoms with Crippen molar-refractivity contribution in [3.8, 4) is 5.75 Å². The highest BCUT2D eigenvalue weighted by atomic mass is 16.6. The van der Waals surface area contributed by atoms with Crippen molar-refractivity contribution in [1.29, 1.82) is 0 Å². The number of rotatable bonds is 19. The topological polar surface area (TPSA) is 306 Å². The van der Waals surface area contributed by atoms with Crippen molar-refractivity contribution in [3.05, 3.63) is 82.6 Å². The molecule has 2 aliphatic rings. The van der Waals surface area contributed by atoms with Crippen LogP contribution in [0.15, 0.2) is 48.7 Å². The first-order chi connectivity index (χ1) is 32.7. The third-order valence-electron chi connectivity index (χ3n) is 11.7. The van der Waals surface area contributed by atoms with E-state index in [1.165, 1.54) is 12.3 Å². The number of anilines is 2. The molecule has 7 heterocycles. The summed E-state index contributed by atoms with van der Waals surface area (Å²) >= 11 is 0. The number of primary amides is 2. The summed E-state index contributed by atoms with van der Waals surface area (Å²) in [7, 11) is 0. The van der Waals surface area contributed by atoms with Gasteiger partial charge in [0.25, 0.3) is 17.7 Å². The van der Waals surface area contributed by atoms with E-state index < -0.39 is 29.2 Å². The molecule has 358 valence electrons. The number of ether oxygens (including phenoxy) is 2. The Morgan fingerprint density at radius 2 is 1.41 bits per heavy atom. The number of carbonyl (C=O) groups excluding carboxylic acids is 5. The maximum Gasteiger partial charge on any atom is 0.276 e. The molecule has 1 spiro atoms. The molecule has 2 aliphatic heterocycles. The molecule has 5 aromatic heterocycles. The fourth-order valence-electron chi connectivity index (χ4n) is 8.61. The van der Waals surface area contributed by atoms with E-state index in [9.17, 15) is 24.0 Å². The highest BCUT2D eigenvalue weighted by Gasteiger charge is 2.47. The summed E-state index contributed by atoms with van der Waals surface area (Å²) in [5.41, 5.74) is 14.8. The first-order valence-electron chi connectivity index (χ1n) is 22.1. The molecule has 0 aliphatic carbocycles. The summed E-state index contributed by atoms with van der Waals surface area (Å²) < 4.78 is 19.1. The molecule has 68 heavy (non-hydrogen) atoms.